The largest absolute Gasteiger partial charge is 0.386 e. The van der Waals surface area contributed by atoms with E-state index in [9.17, 15) is 5.11 Å². The predicted octanol–water partition coefficient (Wildman–Crippen LogP) is 4.24. The van der Waals surface area contributed by atoms with Crippen molar-refractivity contribution in [1.82, 2.24) is 5.32 Å². The van der Waals surface area contributed by atoms with Crippen LogP contribution in [0.5, 0.6) is 0 Å². The van der Waals surface area contributed by atoms with E-state index in [0.29, 0.717) is 12.6 Å². The SMILES string of the molecule is OC(CNC(c1cccs1)C1CC1)c1ccc(Cl)s1. The summed E-state index contributed by atoms with van der Waals surface area (Å²) in [6.45, 7) is 0.579. The quantitative estimate of drug-likeness (QED) is 0.836. The number of thiophene rings is 2. The molecule has 0 bridgehead atoms. The number of nitrogens with one attached hydrogen (secondary N) is 1. The number of aliphatic hydroxyl groups is 1. The van der Waals surface area contributed by atoms with E-state index < -0.39 is 6.10 Å². The average molecular weight is 314 g/mol. The third-order valence-electron chi connectivity index (χ3n) is 3.40. The molecule has 2 N–H and O–H groups in total. The molecule has 2 nitrogen and oxygen atoms in total. The summed E-state index contributed by atoms with van der Waals surface area (Å²) in [6.07, 6.45) is 2.10. The molecule has 2 atom stereocenters. The summed E-state index contributed by atoms with van der Waals surface area (Å²) in [5, 5.41) is 15.8. The number of rotatable bonds is 6. The highest BCUT2D eigenvalue weighted by atomic mass is 35.5. The molecule has 2 unspecified atom stereocenters. The van der Waals surface area contributed by atoms with Gasteiger partial charge in [0.25, 0.3) is 0 Å². The molecule has 1 aliphatic carbocycles. The van der Waals surface area contributed by atoms with Gasteiger partial charge >= 0.3 is 0 Å². The lowest BCUT2D eigenvalue weighted by molar-refractivity contribution is 0.172. The van der Waals surface area contributed by atoms with Gasteiger partial charge in [-0.3, -0.25) is 0 Å². The van der Waals surface area contributed by atoms with Crippen LogP contribution < -0.4 is 5.32 Å². The van der Waals surface area contributed by atoms with E-state index in [1.54, 1.807) is 11.3 Å². The summed E-state index contributed by atoms with van der Waals surface area (Å²) < 4.78 is 0.728. The van der Waals surface area contributed by atoms with Crippen molar-refractivity contribution in [2.75, 3.05) is 6.54 Å². The Morgan fingerprint density at radius 2 is 2.16 bits per heavy atom. The van der Waals surface area contributed by atoms with Crippen molar-refractivity contribution >= 4 is 34.3 Å². The van der Waals surface area contributed by atoms with Gasteiger partial charge in [0.1, 0.15) is 6.10 Å². The minimum atomic E-state index is -0.473. The van der Waals surface area contributed by atoms with Crippen molar-refractivity contribution in [3.8, 4) is 0 Å². The fourth-order valence-electron chi connectivity index (χ4n) is 2.24. The Morgan fingerprint density at radius 1 is 1.32 bits per heavy atom. The van der Waals surface area contributed by atoms with Crippen molar-refractivity contribution in [3.63, 3.8) is 0 Å². The van der Waals surface area contributed by atoms with Crippen LogP contribution in [0.2, 0.25) is 4.34 Å². The Morgan fingerprint density at radius 3 is 2.74 bits per heavy atom. The minimum absolute atomic E-state index is 0.394. The van der Waals surface area contributed by atoms with Crippen molar-refractivity contribution in [2.24, 2.45) is 5.92 Å². The Bertz CT molecular complexity index is 521. The molecule has 0 saturated heterocycles. The Hall–Kier alpha value is -0.390. The predicted molar refractivity (Wildman–Crippen MR) is 82.1 cm³/mol. The Labute approximate surface area is 126 Å². The number of halogens is 1. The maximum absolute atomic E-state index is 10.2. The van der Waals surface area contributed by atoms with Crippen molar-refractivity contribution in [3.05, 3.63) is 43.7 Å². The lowest BCUT2D eigenvalue weighted by atomic mass is 10.1. The molecule has 0 aromatic carbocycles. The zero-order valence-electron chi connectivity index (χ0n) is 10.4. The molecule has 0 aliphatic heterocycles. The topological polar surface area (TPSA) is 32.3 Å². The van der Waals surface area contributed by atoms with Crippen molar-refractivity contribution in [2.45, 2.75) is 25.0 Å². The first kappa shape index (κ1) is 13.6. The molecular weight excluding hydrogens is 298 g/mol. The second kappa shape index (κ2) is 5.94. The lowest BCUT2D eigenvalue weighted by Gasteiger charge is -2.19. The van der Waals surface area contributed by atoms with E-state index in [0.717, 1.165) is 15.1 Å². The summed E-state index contributed by atoms with van der Waals surface area (Å²) in [4.78, 5) is 2.30. The molecule has 2 heterocycles. The zero-order chi connectivity index (χ0) is 13.2. The van der Waals surface area contributed by atoms with Gasteiger partial charge in [-0.05, 0) is 42.3 Å². The first-order chi connectivity index (χ1) is 9.24. The van der Waals surface area contributed by atoms with E-state index >= 15 is 0 Å². The second-order valence-corrected chi connectivity index (χ2v) is 7.62. The van der Waals surface area contributed by atoms with Gasteiger partial charge in [-0.2, -0.15) is 0 Å². The summed E-state index contributed by atoms with van der Waals surface area (Å²) in [6, 6.07) is 8.39. The monoisotopic (exact) mass is 313 g/mol. The molecule has 2 aromatic heterocycles. The van der Waals surface area contributed by atoms with Gasteiger partial charge in [0.15, 0.2) is 0 Å². The smallest absolute Gasteiger partial charge is 0.101 e. The number of aliphatic hydroxyl groups excluding tert-OH is 1. The van der Waals surface area contributed by atoms with Crippen LogP contribution in [0.25, 0.3) is 0 Å². The number of hydrogen-bond donors (Lipinski definition) is 2. The van der Waals surface area contributed by atoms with Crippen LogP contribution in [0, 0.1) is 5.92 Å². The Kier molecular flexibility index (Phi) is 4.24. The van der Waals surface area contributed by atoms with E-state index in [-0.39, 0.29) is 0 Å². The van der Waals surface area contributed by atoms with Gasteiger partial charge in [-0.15, -0.1) is 22.7 Å². The van der Waals surface area contributed by atoms with Crippen molar-refractivity contribution < 1.29 is 5.11 Å². The Balaban J connectivity index is 1.61. The van der Waals surface area contributed by atoms with Crippen LogP contribution in [0.4, 0.5) is 0 Å². The first-order valence-electron chi connectivity index (χ1n) is 6.44. The molecule has 102 valence electrons. The van der Waals surface area contributed by atoms with E-state index in [1.165, 1.54) is 29.1 Å². The van der Waals surface area contributed by atoms with E-state index in [4.69, 9.17) is 11.6 Å². The van der Waals surface area contributed by atoms with Crippen LogP contribution in [0.1, 0.15) is 34.7 Å². The van der Waals surface area contributed by atoms with Gasteiger partial charge in [-0.25, -0.2) is 0 Å². The van der Waals surface area contributed by atoms with Gasteiger partial charge < -0.3 is 10.4 Å². The van der Waals surface area contributed by atoms with Crippen molar-refractivity contribution in [1.29, 1.82) is 0 Å². The molecule has 1 aliphatic rings. The minimum Gasteiger partial charge on any atom is -0.386 e. The third-order valence-corrected chi connectivity index (χ3v) is 5.68. The molecular formula is C14H16ClNOS2. The van der Waals surface area contributed by atoms with Gasteiger partial charge in [0.2, 0.25) is 0 Å². The molecule has 1 saturated carbocycles. The highest BCUT2D eigenvalue weighted by Crippen LogP contribution is 2.42. The second-order valence-electron chi connectivity index (χ2n) is 4.90. The fraction of sp³-hybridized carbons (Fsp3) is 0.429. The normalized spacial score (nSPS) is 18.4. The van der Waals surface area contributed by atoms with Crippen LogP contribution in [-0.4, -0.2) is 11.7 Å². The summed E-state index contributed by atoms with van der Waals surface area (Å²) >= 11 is 9.13. The molecule has 19 heavy (non-hydrogen) atoms. The average Bonchev–Trinajstić information content (AvgIpc) is 2.90. The molecule has 2 aromatic rings. The van der Waals surface area contributed by atoms with Gasteiger partial charge in [0, 0.05) is 22.3 Å². The molecule has 1 fully saturated rings. The maximum Gasteiger partial charge on any atom is 0.101 e. The lowest BCUT2D eigenvalue weighted by Crippen LogP contribution is -2.27. The molecule has 0 spiro atoms. The van der Waals surface area contributed by atoms with E-state index in [2.05, 4.69) is 22.8 Å². The summed E-state index contributed by atoms with van der Waals surface area (Å²) in [5.74, 6) is 0.734. The maximum atomic E-state index is 10.2. The standard InChI is InChI=1S/C14H16ClNOS2/c15-13-6-5-11(19-13)10(17)8-16-14(9-3-4-9)12-2-1-7-18-12/h1-2,5-7,9-10,14,16-17H,3-4,8H2. The summed E-state index contributed by atoms with van der Waals surface area (Å²) in [7, 11) is 0. The number of hydrogen-bond acceptors (Lipinski definition) is 4. The zero-order valence-corrected chi connectivity index (χ0v) is 12.8. The molecule has 3 rings (SSSR count). The molecule has 5 heteroatoms. The summed E-state index contributed by atoms with van der Waals surface area (Å²) in [5.41, 5.74) is 0. The molecule has 0 radical (unpaired) electrons. The van der Waals surface area contributed by atoms with Gasteiger partial charge in [0.05, 0.1) is 4.34 Å². The van der Waals surface area contributed by atoms with Crippen LogP contribution >= 0.6 is 34.3 Å². The van der Waals surface area contributed by atoms with E-state index in [1.807, 2.05) is 12.1 Å². The van der Waals surface area contributed by atoms with Gasteiger partial charge in [-0.1, -0.05) is 17.7 Å². The van der Waals surface area contributed by atoms with Crippen LogP contribution in [0.15, 0.2) is 29.6 Å². The molecule has 0 amide bonds. The fourth-order valence-corrected chi connectivity index (χ4v) is 4.18. The van der Waals surface area contributed by atoms with Crippen LogP contribution in [-0.2, 0) is 0 Å². The van der Waals surface area contributed by atoms with Crippen LogP contribution in [0.3, 0.4) is 0 Å². The third kappa shape index (κ3) is 3.38. The highest BCUT2D eigenvalue weighted by Gasteiger charge is 2.33. The first-order valence-corrected chi connectivity index (χ1v) is 8.51. The highest BCUT2D eigenvalue weighted by molar-refractivity contribution is 7.16.